The molecule has 3 aromatic rings. The van der Waals surface area contributed by atoms with Crippen LogP contribution in [0.1, 0.15) is 12.6 Å². The first-order chi connectivity index (χ1) is 16.0. The zero-order valence-corrected chi connectivity index (χ0v) is 20.0. The molecular weight excluding hydrogens is 508 g/mol. The maximum absolute atomic E-state index is 12.5. The second-order valence-corrected chi connectivity index (χ2v) is 7.83. The van der Waals surface area contributed by atoms with Gasteiger partial charge in [-0.3, -0.25) is 9.78 Å². The maximum atomic E-state index is 12.5. The van der Waals surface area contributed by atoms with Crippen LogP contribution in [-0.2, 0) is 11.4 Å². The Morgan fingerprint density at radius 1 is 1.15 bits per heavy atom. The number of carbonyl (C=O) groups excluding carboxylic acids is 1. The van der Waals surface area contributed by atoms with Crippen LogP contribution in [0, 0.1) is 6.57 Å². The van der Waals surface area contributed by atoms with E-state index in [4.69, 9.17) is 27.6 Å². The normalized spacial score (nSPS) is 10.8. The second-order valence-electron chi connectivity index (χ2n) is 6.57. The molecule has 3 rings (SSSR count). The van der Waals surface area contributed by atoms with Crippen LogP contribution in [0.2, 0.25) is 5.02 Å². The van der Waals surface area contributed by atoms with E-state index >= 15 is 0 Å². The standard InChI is InChI=1S/C24H20BrClN4O3/c1-3-32-23-13-16(7-9-19(23)25)29-14-21(27-2)24(31)30-17-8-10-22(20(26)12-17)33-15-18-6-4-5-11-28-18/h4-14,29H,3,15H2,1H3,(H,30,31)/b21-14-. The topological polar surface area (TPSA) is 76.8 Å². The number of hydrogen-bond acceptors (Lipinski definition) is 5. The molecule has 0 aliphatic rings. The molecule has 2 N–H and O–H groups in total. The highest BCUT2D eigenvalue weighted by Gasteiger charge is 2.12. The van der Waals surface area contributed by atoms with Gasteiger partial charge in [0.15, 0.2) is 0 Å². The molecule has 9 heteroatoms. The van der Waals surface area contributed by atoms with Gasteiger partial charge in [-0.25, -0.2) is 4.85 Å². The van der Waals surface area contributed by atoms with Crippen molar-refractivity contribution in [2.24, 2.45) is 0 Å². The van der Waals surface area contributed by atoms with Crippen LogP contribution in [0.15, 0.2) is 77.2 Å². The predicted octanol–water partition coefficient (Wildman–Crippen LogP) is 6.29. The molecule has 0 spiro atoms. The van der Waals surface area contributed by atoms with Crippen molar-refractivity contribution in [1.82, 2.24) is 4.98 Å². The lowest BCUT2D eigenvalue weighted by molar-refractivity contribution is -0.112. The number of anilines is 2. The average molecular weight is 528 g/mol. The maximum Gasteiger partial charge on any atom is 0.265 e. The van der Waals surface area contributed by atoms with E-state index in [9.17, 15) is 4.79 Å². The molecule has 0 radical (unpaired) electrons. The summed E-state index contributed by atoms with van der Waals surface area (Å²) in [5, 5.41) is 5.95. The molecule has 33 heavy (non-hydrogen) atoms. The summed E-state index contributed by atoms with van der Waals surface area (Å²) in [7, 11) is 0. The molecule has 2 aromatic carbocycles. The first-order valence-corrected chi connectivity index (χ1v) is 11.1. The average Bonchev–Trinajstić information content (AvgIpc) is 2.82. The molecule has 0 bridgehead atoms. The van der Waals surface area contributed by atoms with Crippen molar-refractivity contribution in [2.45, 2.75) is 13.5 Å². The number of nitrogens with one attached hydrogen (secondary N) is 2. The van der Waals surface area contributed by atoms with Crippen LogP contribution >= 0.6 is 27.5 Å². The number of hydrogen-bond donors (Lipinski definition) is 2. The molecular formula is C24H20BrClN4O3. The Hall–Kier alpha value is -3.54. The van der Waals surface area contributed by atoms with E-state index in [-0.39, 0.29) is 12.3 Å². The van der Waals surface area contributed by atoms with E-state index in [1.807, 2.05) is 31.2 Å². The summed E-state index contributed by atoms with van der Waals surface area (Å²) in [6.07, 6.45) is 3.03. The fraction of sp³-hybridized carbons (Fsp3) is 0.125. The molecule has 0 atom stereocenters. The monoisotopic (exact) mass is 526 g/mol. The van der Waals surface area contributed by atoms with Crippen molar-refractivity contribution >= 4 is 44.8 Å². The lowest BCUT2D eigenvalue weighted by Gasteiger charge is -2.11. The number of benzene rings is 2. The van der Waals surface area contributed by atoms with E-state index in [0.29, 0.717) is 34.5 Å². The third kappa shape index (κ3) is 6.97. The molecule has 168 valence electrons. The number of amides is 1. The molecule has 0 fully saturated rings. The molecule has 1 aromatic heterocycles. The van der Waals surface area contributed by atoms with E-state index in [1.54, 1.807) is 36.5 Å². The lowest BCUT2D eigenvalue weighted by Crippen LogP contribution is -2.13. The number of halogens is 2. The Morgan fingerprint density at radius 2 is 1.97 bits per heavy atom. The van der Waals surface area contributed by atoms with Crippen molar-refractivity contribution < 1.29 is 14.3 Å². The zero-order valence-electron chi connectivity index (χ0n) is 17.6. The summed E-state index contributed by atoms with van der Waals surface area (Å²) in [5.41, 5.74) is 1.76. The fourth-order valence-corrected chi connectivity index (χ4v) is 3.28. The van der Waals surface area contributed by atoms with Gasteiger partial charge < -0.3 is 20.1 Å². The van der Waals surface area contributed by atoms with Gasteiger partial charge in [0.05, 0.1) is 28.4 Å². The second kappa shape index (κ2) is 11.9. The minimum absolute atomic E-state index is 0.123. The molecule has 0 aliphatic carbocycles. The quantitative estimate of drug-likeness (QED) is 0.253. The van der Waals surface area contributed by atoms with Gasteiger partial charge in [-0.15, -0.1) is 0 Å². The smallest absolute Gasteiger partial charge is 0.265 e. The van der Waals surface area contributed by atoms with Gasteiger partial charge in [0.1, 0.15) is 18.1 Å². The molecule has 0 saturated heterocycles. The molecule has 7 nitrogen and oxygen atoms in total. The highest BCUT2D eigenvalue weighted by Crippen LogP contribution is 2.29. The number of rotatable bonds is 9. The van der Waals surface area contributed by atoms with E-state index in [0.717, 1.165) is 10.2 Å². The van der Waals surface area contributed by atoms with Gasteiger partial charge in [-0.1, -0.05) is 17.7 Å². The molecule has 1 amide bonds. The van der Waals surface area contributed by atoms with E-state index in [2.05, 4.69) is 36.4 Å². The summed E-state index contributed by atoms with van der Waals surface area (Å²) in [5.74, 6) is 0.547. The predicted molar refractivity (Wildman–Crippen MR) is 132 cm³/mol. The Bertz CT molecular complexity index is 1200. The van der Waals surface area contributed by atoms with Crippen LogP contribution in [-0.4, -0.2) is 17.5 Å². The van der Waals surface area contributed by atoms with Crippen molar-refractivity contribution in [3.63, 3.8) is 0 Å². The number of nitrogens with zero attached hydrogens (tertiary/aromatic N) is 2. The van der Waals surface area contributed by atoms with Crippen LogP contribution in [0.25, 0.3) is 4.85 Å². The summed E-state index contributed by atoms with van der Waals surface area (Å²) in [4.78, 5) is 20.0. The summed E-state index contributed by atoms with van der Waals surface area (Å²) in [6.45, 7) is 10.0. The molecule has 0 aliphatic heterocycles. The number of ether oxygens (including phenoxy) is 2. The highest BCUT2D eigenvalue weighted by atomic mass is 79.9. The Kier molecular flexibility index (Phi) is 8.70. The van der Waals surface area contributed by atoms with Crippen molar-refractivity contribution in [3.05, 3.63) is 99.3 Å². The van der Waals surface area contributed by atoms with Crippen molar-refractivity contribution in [1.29, 1.82) is 0 Å². The lowest BCUT2D eigenvalue weighted by atomic mass is 10.2. The third-order valence-electron chi connectivity index (χ3n) is 4.25. The van der Waals surface area contributed by atoms with Crippen molar-refractivity contribution in [3.8, 4) is 11.5 Å². The fourth-order valence-electron chi connectivity index (χ4n) is 2.69. The first kappa shape index (κ1) is 24.1. The minimum atomic E-state index is -0.571. The van der Waals surface area contributed by atoms with Crippen LogP contribution < -0.4 is 20.1 Å². The van der Waals surface area contributed by atoms with Gasteiger partial charge in [-0.2, -0.15) is 0 Å². The van der Waals surface area contributed by atoms with Crippen LogP contribution in [0.5, 0.6) is 11.5 Å². The Labute approximate surface area is 205 Å². The van der Waals surface area contributed by atoms with E-state index in [1.165, 1.54) is 6.20 Å². The summed E-state index contributed by atoms with van der Waals surface area (Å²) in [6, 6.07) is 15.8. The largest absolute Gasteiger partial charge is 0.493 e. The number of aromatic nitrogens is 1. The van der Waals surface area contributed by atoms with E-state index < -0.39 is 5.91 Å². The van der Waals surface area contributed by atoms with Crippen molar-refractivity contribution in [2.75, 3.05) is 17.2 Å². The summed E-state index contributed by atoms with van der Waals surface area (Å²) < 4.78 is 12.0. The van der Waals surface area contributed by atoms with Gasteiger partial charge in [0, 0.05) is 29.8 Å². The zero-order chi connectivity index (χ0) is 23.6. The minimum Gasteiger partial charge on any atom is -0.493 e. The molecule has 1 heterocycles. The number of pyridine rings is 1. The van der Waals surface area contributed by atoms with Gasteiger partial charge in [0.2, 0.25) is 0 Å². The molecule has 0 saturated carbocycles. The van der Waals surface area contributed by atoms with Gasteiger partial charge in [-0.05, 0) is 65.3 Å². The SMILES string of the molecule is [C-]#[N+]/C(=C\Nc1ccc(Br)c(OCC)c1)C(=O)Nc1ccc(OCc2ccccn2)c(Cl)c1. The van der Waals surface area contributed by atoms with Crippen LogP contribution in [0.4, 0.5) is 11.4 Å². The Balaban J connectivity index is 1.63. The number of carbonyl (C=O) groups is 1. The Morgan fingerprint density at radius 3 is 2.67 bits per heavy atom. The summed E-state index contributed by atoms with van der Waals surface area (Å²) >= 11 is 9.70. The third-order valence-corrected chi connectivity index (χ3v) is 5.20. The van der Waals surface area contributed by atoms with Crippen LogP contribution in [0.3, 0.4) is 0 Å². The first-order valence-electron chi connectivity index (χ1n) is 9.90. The molecule has 0 unspecified atom stereocenters. The van der Waals surface area contributed by atoms with Gasteiger partial charge in [0.25, 0.3) is 11.6 Å². The van der Waals surface area contributed by atoms with Gasteiger partial charge >= 0.3 is 0 Å². The highest BCUT2D eigenvalue weighted by molar-refractivity contribution is 9.10.